The zero-order valence-corrected chi connectivity index (χ0v) is 17.9. The second-order valence-electron chi connectivity index (χ2n) is 7.50. The van der Waals surface area contributed by atoms with Crippen LogP contribution in [0.1, 0.15) is 22.3 Å². The molecule has 11 heteroatoms. The number of hydrogen-bond acceptors (Lipinski definition) is 4. The molecule has 0 unspecified atom stereocenters. The van der Waals surface area contributed by atoms with Crippen LogP contribution in [0.3, 0.4) is 0 Å². The molecule has 0 aliphatic heterocycles. The number of fused-ring (bicyclic) bond motifs is 1. The Kier molecular flexibility index (Phi) is 6.41. The number of aryl methyl sites for hydroxylation is 1. The Labute approximate surface area is 195 Å². The molecule has 1 heterocycles. The van der Waals surface area contributed by atoms with E-state index in [1.54, 1.807) is 24.3 Å². The Bertz CT molecular complexity index is 1460. The van der Waals surface area contributed by atoms with E-state index >= 15 is 0 Å². The van der Waals surface area contributed by atoms with Gasteiger partial charge in [0.25, 0.3) is 5.91 Å². The largest absolute Gasteiger partial charge is 0.419 e. The monoisotopic (exact) mass is 487 g/mol. The van der Waals surface area contributed by atoms with Crippen LogP contribution in [0.15, 0.2) is 75.9 Å². The average Bonchev–Trinajstić information content (AvgIpc) is 3.13. The first-order chi connectivity index (χ1) is 16.6. The number of aromatic nitrogens is 1. The number of benzene rings is 3. The molecular formula is C24H17F4N3O4. The lowest BCUT2D eigenvalue weighted by Gasteiger charge is -2.16. The van der Waals surface area contributed by atoms with Gasteiger partial charge in [0.05, 0.1) is 16.8 Å². The normalized spacial score (nSPS) is 11.4. The van der Waals surface area contributed by atoms with E-state index in [9.17, 15) is 31.9 Å². The molecule has 0 saturated heterocycles. The third-order valence-electron chi connectivity index (χ3n) is 5.10. The van der Waals surface area contributed by atoms with Crippen molar-refractivity contribution in [1.29, 1.82) is 0 Å². The van der Waals surface area contributed by atoms with E-state index in [0.717, 1.165) is 18.2 Å². The molecule has 0 atom stereocenters. The van der Waals surface area contributed by atoms with Crippen molar-refractivity contribution in [3.8, 4) is 0 Å². The summed E-state index contributed by atoms with van der Waals surface area (Å²) in [5.74, 6) is -2.73. The molecule has 0 radical (unpaired) electrons. The Hall–Kier alpha value is -4.41. The first kappa shape index (κ1) is 23.7. The third kappa shape index (κ3) is 5.40. The number of carbonyl (C=O) groups excluding carboxylic acids is 2. The number of para-hydroxylation sites is 2. The summed E-state index contributed by atoms with van der Waals surface area (Å²) in [7, 11) is 0. The maximum absolute atomic E-state index is 13.7. The van der Waals surface area contributed by atoms with Gasteiger partial charge in [-0.2, -0.15) is 13.2 Å². The number of halogens is 4. The molecule has 0 aliphatic carbocycles. The van der Waals surface area contributed by atoms with Crippen molar-refractivity contribution < 1.29 is 31.6 Å². The van der Waals surface area contributed by atoms with E-state index in [2.05, 4.69) is 10.6 Å². The molecule has 180 valence electrons. The van der Waals surface area contributed by atoms with Gasteiger partial charge < -0.3 is 15.1 Å². The molecule has 4 rings (SSSR count). The Morgan fingerprint density at radius 1 is 0.943 bits per heavy atom. The second-order valence-corrected chi connectivity index (χ2v) is 7.50. The highest BCUT2D eigenvalue weighted by atomic mass is 19.4. The van der Waals surface area contributed by atoms with Crippen LogP contribution >= 0.6 is 0 Å². The van der Waals surface area contributed by atoms with Gasteiger partial charge in [-0.15, -0.1) is 0 Å². The molecule has 0 fully saturated rings. The summed E-state index contributed by atoms with van der Waals surface area (Å²) >= 11 is 0. The fraction of sp³-hybridized carbons (Fsp3) is 0.125. The second kappa shape index (κ2) is 9.45. The molecule has 1 aromatic heterocycles. The number of nitrogens with zero attached hydrogens (tertiary/aromatic N) is 1. The van der Waals surface area contributed by atoms with Crippen LogP contribution in [-0.4, -0.2) is 16.4 Å². The fourth-order valence-electron chi connectivity index (χ4n) is 3.42. The number of oxazole rings is 1. The maximum atomic E-state index is 13.7. The number of nitrogens with one attached hydrogen (secondary N) is 2. The first-order valence-corrected chi connectivity index (χ1v) is 10.3. The predicted octanol–water partition coefficient (Wildman–Crippen LogP) is 5.03. The van der Waals surface area contributed by atoms with Crippen molar-refractivity contribution in [2.45, 2.75) is 19.1 Å². The number of hydrogen-bond donors (Lipinski definition) is 2. The SMILES string of the molecule is O=C(CCn1c(=O)oc2ccccc21)Nc1ccc(NC(=O)c2ccc(F)cc2)cc1C(F)(F)F. The summed E-state index contributed by atoms with van der Waals surface area (Å²) in [5, 5.41) is 4.52. The summed E-state index contributed by atoms with van der Waals surface area (Å²) in [5.41, 5.74) is -1.00. The van der Waals surface area contributed by atoms with Crippen molar-refractivity contribution in [2.75, 3.05) is 10.6 Å². The summed E-state index contributed by atoms with van der Waals surface area (Å²) in [6.07, 6.45) is -5.12. The van der Waals surface area contributed by atoms with Gasteiger partial charge >= 0.3 is 11.9 Å². The van der Waals surface area contributed by atoms with Gasteiger partial charge in [0.15, 0.2) is 5.58 Å². The minimum atomic E-state index is -4.84. The van der Waals surface area contributed by atoms with Crippen LogP contribution in [0.4, 0.5) is 28.9 Å². The van der Waals surface area contributed by atoms with Crippen molar-refractivity contribution in [2.24, 2.45) is 0 Å². The van der Waals surface area contributed by atoms with Gasteiger partial charge in [0.1, 0.15) is 5.82 Å². The zero-order chi connectivity index (χ0) is 25.2. The zero-order valence-electron chi connectivity index (χ0n) is 17.9. The van der Waals surface area contributed by atoms with Gasteiger partial charge in [-0.05, 0) is 54.6 Å². The maximum Gasteiger partial charge on any atom is 0.419 e. The van der Waals surface area contributed by atoms with Crippen LogP contribution in [0, 0.1) is 5.82 Å². The molecule has 4 aromatic rings. The Balaban J connectivity index is 1.49. The molecule has 0 aliphatic rings. The number of rotatable bonds is 6. The molecule has 0 bridgehead atoms. The molecular weight excluding hydrogens is 470 g/mol. The number of alkyl halides is 3. The Morgan fingerprint density at radius 2 is 1.66 bits per heavy atom. The minimum absolute atomic E-state index is 0.0550. The summed E-state index contributed by atoms with van der Waals surface area (Å²) in [4.78, 5) is 36.6. The highest BCUT2D eigenvalue weighted by molar-refractivity contribution is 6.04. The van der Waals surface area contributed by atoms with Gasteiger partial charge in [0, 0.05) is 24.2 Å². The quantitative estimate of drug-likeness (QED) is 0.373. The van der Waals surface area contributed by atoms with Crippen LogP contribution in [0.25, 0.3) is 11.1 Å². The standard InChI is InChI=1S/C24H17F4N3O4/c25-15-7-5-14(6-8-15)22(33)29-16-9-10-18(17(13-16)24(26,27)28)30-21(32)11-12-31-19-3-1-2-4-20(19)35-23(31)34/h1-10,13H,11-12H2,(H,29,33)(H,30,32). The van der Waals surface area contributed by atoms with Crippen molar-refractivity contribution in [1.82, 2.24) is 4.57 Å². The van der Waals surface area contributed by atoms with Gasteiger partial charge in [-0.1, -0.05) is 12.1 Å². The molecule has 3 aromatic carbocycles. The van der Waals surface area contributed by atoms with E-state index in [-0.39, 0.29) is 24.2 Å². The molecule has 0 saturated carbocycles. The lowest BCUT2D eigenvalue weighted by molar-refractivity contribution is -0.136. The molecule has 7 nitrogen and oxygen atoms in total. The van der Waals surface area contributed by atoms with E-state index < -0.39 is 40.8 Å². The lowest BCUT2D eigenvalue weighted by atomic mass is 10.1. The van der Waals surface area contributed by atoms with E-state index in [1.165, 1.54) is 22.8 Å². The van der Waals surface area contributed by atoms with Gasteiger partial charge in [0.2, 0.25) is 5.91 Å². The summed E-state index contributed by atoms with van der Waals surface area (Å²) < 4.78 is 60.3. The fourth-order valence-corrected chi connectivity index (χ4v) is 3.42. The van der Waals surface area contributed by atoms with Crippen molar-refractivity contribution in [3.05, 3.63) is 94.2 Å². The third-order valence-corrected chi connectivity index (χ3v) is 5.10. The van der Waals surface area contributed by atoms with Crippen LogP contribution in [-0.2, 0) is 17.5 Å². The number of anilines is 2. The molecule has 35 heavy (non-hydrogen) atoms. The molecule has 2 N–H and O–H groups in total. The number of carbonyl (C=O) groups is 2. The first-order valence-electron chi connectivity index (χ1n) is 10.3. The summed E-state index contributed by atoms with van der Waals surface area (Å²) in [6, 6.07) is 13.9. The van der Waals surface area contributed by atoms with Gasteiger partial charge in [-0.25, -0.2) is 9.18 Å². The van der Waals surface area contributed by atoms with E-state index in [4.69, 9.17) is 4.42 Å². The van der Waals surface area contributed by atoms with Crippen molar-refractivity contribution >= 4 is 34.3 Å². The average molecular weight is 487 g/mol. The van der Waals surface area contributed by atoms with E-state index in [0.29, 0.717) is 17.2 Å². The molecule has 0 spiro atoms. The lowest BCUT2D eigenvalue weighted by Crippen LogP contribution is -2.21. The number of amides is 2. The smallest absolute Gasteiger partial charge is 0.408 e. The van der Waals surface area contributed by atoms with Crippen LogP contribution < -0.4 is 16.4 Å². The minimum Gasteiger partial charge on any atom is -0.408 e. The topological polar surface area (TPSA) is 93.3 Å². The van der Waals surface area contributed by atoms with Gasteiger partial charge in [-0.3, -0.25) is 14.2 Å². The van der Waals surface area contributed by atoms with Crippen molar-refractivity contribution in [3.63, 3.8) is 0 Å². The van der Waals surface area contributed by atoms with E-state index in [1.807, 2.05) is 0 Å². The predicted molar refractivity (Wildman–Crippen MR) is 120 cm³/mol. The molecule has 2 amide bonds. The van der Waals surface area contributed by atoms with Crippen LogP contribution in [0.2, 0.25) is 0 Å². The van der Waals surface area contributed by atoms with Crippen LogP contribution in [0.5, 0.6) is 0 Å². The summed E-state index contributed by atoms with van der Waals surface area (Å²) in [6.45, 7) is -0.102. The highest BCUT2D eigenvalue weighted by Crippen LogP contribution is 2.36. The highest BCUT2D eigenvalue weighted by Gasteiger charge is 2.34. The Morgan fingerprint density at radius 3 is 2.37 bits per heavy atom.